The Bertz CT molecular complexity index is 605. The standard InChI is InChI=1S/C21H33N3O2S/c1-2-3-11-23-12-5-4-8-17(23)16-22-21(26)19-10-6-13-24(19)20(25)15-18-9-7-14-27-18/h7,9,14,17,19H,2-6,8,10-13,15-16H2,1H3,(H,22,26). The van der Waals surface area contributed by atoms with Crippen LogP contribution in [0.25, 0.3) is 0 Å². The molecule has 150 valence electrons. The Morgan fingerprint density at radius 3 is 2.89 bits per heavy atom. The van der Waals surface area contributed by atoms with Gasteiger partial charge in [-0.2, -0.15) is 0 Å². The van der Waals surface area contributed by atoms with Gasteiger partial charge in [-0.05, 0) is 56.6 Å². The Kier molecular flexibility index (Phi) is 7.70. The minimum Gasteiger partial charge on any atom is -0.353 e. The summed E-state index contributed by atoms with van der Waals surface area (Å²) in [6.07, 6.45) is 8.22. The molecule has 2 fully saturated rings. The Labute approximate surface area is 167 Å². The minimum absolute atomic E-state index is 0.0352. The lowest BCUT2D eigenvalue weighted by atomic mass is 10.0. The van der Waals surface area contributed by atoms with E-state index < -0.39 is 0 Å². The van der Waals surface area contributed by atoms with Gasteiger partial charge in [-0.3, -0.25) is 14.5 Å². The molecule has 2 atom stereocenters. The highest BCUT2D eigenvalue weighted by atomic mass is 32.1. The quantitative estimate of drug-likeness (QED) is 0.741. The average Bonchev–Trinajstić information content (AvgIpc) is 3.36. The third-order valence-corrected chi connectivity index (χ3v) is 6.72. The van der Waals surface area contributed by atoms with Crippen LogP contribution in [-0.4, -0.2) is 59.9 Å². The molecule has 2 aliphatic rings. The number of rotatable bonds is 8. The van der Waals surface area contributed by atoms with Crippen molar-refractivity contribution in [3.8, 4) is 0 Å². The maximum Gasteiger partial charge on any atom is 0.242 e. The fraction of sp³-hybridized carbons (Fsp3) is 0.714. The van der Waals surface area contributed by atoms with Gasteiger partial charge in [0, 0.05) is 24.0 Å². The van der Waals surface area contributed by atoms with Crippen LogP contribution in [0.1, 0.15) is 56.7 Å². The summed E-state index contributed by atoms with van der Waals surface area (Å²) in [6, 6.07) is 4.12. The summed E-state index contributed by atoms with van der Waals surface area (Å²) in [6.45, 7) is 5.92. The molecule has 1 aromatic rings. The van der Waals surface area contributed by atoms with Gasteiger partial charge >= 0.3 is 0 Å². The van der Waals surface area contributed by atoms with E-state index in [0.29, 0.717) is 25.6 Å². The maximum absolute atomic E-state index is 12.8. The van der Waals surface area contributed by atoms with Crippen molar-refractivity contribution in [1.82, 2.24) is 15.1 Å². The van der Waals surface area contributed by atoms with Crippen molar-refractivity contribution in [2.75, 3.05) is 26.2 Å². The first-order valence-electron chi connectivity index (χ1n) is 10.5. The zero-order valence-electron chi connectivity index (χ0n) is 16.5. The van der Waals surface area contributed by atoms with E-state index in [0.717, 1.165) is 37.2 Å². The molecule has 2 aliphatic heterocycles. The van der Waals surface area contributed by atoms with Gasteiger partial charge in [0.1, 0.15) is 6.04 Å². The third kappa shape index (κ3) is 5.55. The number of unbranched alkanes of at least 4 members (excludes halogenated alkanes) is 1. The Morgan fingerprint density at radius 1 is 1.22 bits per heavy atom. The number of nitrogens with zero attached hydrogens (tertiary/aromatic N) is 2. The molecule has 2 amide bonds. The summed E-state index contributed by atoms with van der Waals surface area (Å²) in [7, 11) is 0. The highest BCUT2D eigenvalue weighted by molar-refractivity contribution is 7.10. The molecular weight excluding hydrogens is 358 g/mol. The summed E-state index contributed by atoms with van der Waals surface area (Å²) in [5, 5.41) is 5.16. The lowest BCUT2D eigenvalue weighted by Gasteiger charge is -2.36. The van der Waals surface area contributed by atoms with Gasteiger partial charge in [-0.15, -0.1) is 11.3 Å². The molecule has 2 saturated heterocycles. The zero-order valence-corrected chi connectivity index (χ0v) is 17.3. The number of nitrogens with one attached hydrogen (secondary N) is 1. The maximum atomic E-state index is 12.8. The van der Waals surface area contributed by atoms with Crippen molar-refractivity contribution in [3.05, 3.63) is 22.4 Å². The normalized spacial score (nSPS) is 23.5. The van der Waals surface area contributed by atoms with Gasteiger partial charge in [-0.25, -0.2) is 0 Å². The Balaban J connectivity index is 1.50. The number of likely N-dealkylation sites (tertiary alicyclic amines) is 2. The molecule has 0 radical (unpaired) electrons. The van der Waals surface area contributed by atoms with E-state index in [1.807, 2.05) is 17.5 Å². The fourth-order valence-electron chi connectivity index (χ4n) is 4.28. The molecule has 0 saturated carbocycles. The molecule has 3 heterocycles. The summed E-state index contributed by atoms with van der Waals surface area (Å²) >= 11 is 1.60. The lowest BCUT2D eigenvalue weighted by molar-refractivity contribution is -0.138. The number of piperidine rings is 1. The molecule has 2 unspecified atom stereocenters. The van der Waals surface area contributed by atoms with Gasteiger partial charge < -0.3 is 10.2 Å². The lowest BCUT2D eigenvalue weighted by Crippen LogP contribution is -2.51. The van der Waals surface area contributed by atoms with Crippen LogP contribution in [0.2, 0.25) is 0 Å². The number of hydrogen-bond donors (Lipinski definition) is 1. The highest BCUT2D eigenvalue weighted by Crippen LogP contribution is 2.21. The Morgan fingerprint density at radius 2 is 2.11 bits per heavy atom. The van der Waals surface area contributed by atoms with E-state index in [1.54, 1.807) is 16.2 Å². The minimum atomic E-state index is -0.287. The number of carbonyl (C=O) groups is 2. The first kappa shape index (κ1) is 20.3. The van der Waals surface area contributed by atoms with Crippen LogP contribution in [0.4, 0.5) is 0 Å². The molecule has 3 rings (SSSR count). The molecule has 1 aromatic heterocycles. The summed E-state index contributed by atoms with van der Waals surface area (Å²) < 4.78 is 0. The van der Waals surface area contributed by atoms with Crippen LogP contribution < -0.4 is 5.32 Å². The topological polar surface area (TPSA) is 52.7 Å². The van der Waals surface area contributed by atoms with Crippen LogP contribution in [0, 0.1) is 0 Å². The van der Waals surface area contributed by atoms with E-state index in [4.69, 9.17) is 0 Å². The van der Waals surface area contributed by atoms with Crippen molar-refractivity contribution in [2.45, 2.75) is 70.4 Å². The van der Waals surface area contributed by atoms with Crippen LogP contribution in [0.3, 0.4) is 0 Å². The molecule has 0 bridgehead atoms. The molecule has 0 spiro atoms. The second-order valence-corrected chi connectivity index (χ2v) is 8.82. The highest BCUT2D eigenvalue weighted by Gasteiger charge is 2.34. The van der Waals surface area contributed by atoms with E-state index in [1.165, 1.54) is 25.7 Å². The number of amides is 2. The van der Waals surface area contributed by atoms with Gasteiger partial charge in [0.05, 0.1) is 6.42 Å². The smallest absolute Gasteiger partial charge is 0.242 e. The average molecular weight is 392 g/mol. The van der Waals surface area contributed by atoms with Crippen molar-refractivity contribution < 1.29 is 9.59 Å². The predicted octanol–water partition coefficient (Wildman–Crippen LogP) is 3.05. The van der Waals surface area contributed by atoms with Gasteiger partial charge in [-0.1, -0.05) is 25.8 Å². The predicted molar refractivity (Wildman–Crippen MR) is 110 cm³/mol. The van der Waals surface area contributed by atoms with Gasteiger partial charge in [0.15, 0.2) is 0 Å². The SMILES string of the molecule is CCCCN1CCCCC1CNC(=O)C1CCCN1C(=O)Cc1cccs1. The first-order valence-corrected chi connectivity index (χ1v) is 11.4. The Hall–Kier alpha value is -1.40. The second kappa shape index (κ2) is 10.2. The van der Waals surface area contributed by atoms with Crippen molar-refractivity contribution >= 4 is 23.2 Å². The van der Waals surface area contributed by atoms with Crippen LogP contribution in [0.5, 0.6) is 0 Å². The number of thiophene rings is 1. The molecule has 5 nitrogen and oxygen atoms in total. The monoisotopic (exact) mass is 391 g/mol. The van der Waals surface area contributed by atoms with Gasteiger partial charge in [0.2, 0.25) is 11.8 Å². The van der Waals surface area contributed by atoms with E-state index in [-0.39, 0.29) is 17.9 Å². The first-order chi connectivity index (χ1) is 13.2. The molecule has 27 heavy (non-hydrogen) atoms. The van der Waals surface area contributed by atoms with E-state index in [9.17, 15) is 9.59 Å². The molecule has 1 N–H and O–H groups in total. The summed E-state index contributed by atoms with van der Waals surface area (Å²) in [5.41, 5.74) is 0. The van der Waals surface area contributed by atoms with Gasteiger partial charge in [0.25, 0.3) is 0 Å². The molecule has 0 aromatic carbocycles. The zero-order chi connectivity index (χ0) is 19.1. The van der Waals surface area contributed by atoms with Crippen molar-refractivity contribution in [1.29, 1.82) is 0 Å². The fourth-order valence-corrected chi connectivity index (χ4v) is 4.98. The number of carbonyl (C=O) groups excluding carboxylic acids is 2. The van der Waals surface area contributed by atoms with Crippen LogP contribution in [0.15, 0.2) is 17.5 Å². The number of hydrogen-bond acceptors (Lipinski definition) is 4. The molecule has 6 heteroatoms. The largest absolute Gasteiger partial charge is 0.353 e. The summed E-state index contributed by atoms with van der Waals surface area (Å²) in [4.78, 5) is 30.9. The molecule has 0 aliphatic carbocycles. The van der Waals surface area contributed by atoms with E-state index >= 15 is 0 Å². The molecular formula is C21H33N3O2S. The van der Waals surface area contributed by atoms with Crippen LogP contribution in [-0.2, 0) is 16.0 Å². The van der Waals surface area contributed by atoms with E-state index in [2.05, 4.69) is 17.1 Å². The van der Waals surface area contributed by atoms with Crippen LogP contribution >= 0.6 is 11.3 Å². The summed E-state index contributed by atoms with van der Waals surface area (Å²) in [5.74, 6) is 0.116. The third-order valence-electron chi connectivity index (χ3n) is 5.84. The van der Waals surface area contributed by atoms with Crippen molar-refractivity contribution in [2.24, 2.45) is 0 Å². The second-order valence-electron chi connectivity index (χ2n) is 7.79. The van der Waals surface area contributed by atoms with Crippen molar-refractivity contribution in [3.63, 3.8) is 0 Å².